The van der Waals surface area contributed by atoms with Crippen molar-refractivity contribution in [2.75, 3.05) is 5.32 Å². The second kappa shape index (κ2) is 5.55. The third-order valence-corrected chi connectivity index (χ3v) is 4.24. The van der Waals surface area contributed by atoms with Crippen LogP contribution >= 0.6 is 0 Å². The number of imidazole rings is 1. The van der Waals surface area contributed by atoms with Crippen molar-refractivity contribution in [1.29, 1.82) is 0 Å². The largest absolute Gasteiger partial charge is 0.332 e. The standard InChI is InChI=1S/C14H17N9O/c1-9-5-12-16-14(17-13(24)10-6-21(2)20-18-10)19-23(12)7-11(9)22-4-3-15-8-22/h3-4,6,8-9,11H,5,7H2,1-2H3,(H,17,19,24). The molecule has 124 valence electrons. The van der Waals surface area contributed by atoms with Gasteiger partial charge in [0.25, 0.3) is 5.91 Å². The van der Waals surface area contributed by atoms with E-state index in [0.717, 1.165) is 12.2 Å². The molecule has 3 aromatic heterocycles. The van der Waals surface area contributed by atoms with Crippen LogP contribution in [0.5, 0.6) is 0 Å². The summed E-state index contributed by atoms with van der Waals surface area (Å²) in [5.41, 5.74) is 0.231. The van der Waals surface area contributed by atoms with E-state index in [9.17, 15) is 4.79 Å². The summed E-state index contributed by atoms with van der Waals surface area (Å²) in [5, 5.41) is 14.6. The predicted octanol–water partition coefficient (Wildman–Crippen LogP) is 0.289. The molecular formula is C14H17N9O. The zero-order valence-corrected chi connectivity index (χ0v) is 13.4. The van der Waals surface area contributed by atoms with E-state index in [4.69, 9.17) is 0 Å². The maximum absolute atomic E-state index is 12.1. The normalized spacial score (nSPS) is 19.9. The van der Waals surface area contributed by atoms with Crippen molar-refractivity contribution in [3.63, 3.8) is 0 Å². The monoisotopic (exact) mass is 327 g/mol. The van der Waals surface area contributed by atoms with Crippen LogP contribution < -0.4 is 5.32 Å². The average Bonchev–Trinajstić information content (AvgIpc) is 3.26. The van der Waals surface area contributed by atoms with Gasteiger partial charge in [-0.15, -0.1) is 10.2 Å². The van der Waals surface area contributed by atoms with E-state index in [1.165, 1.54) is 4.68 Å². The van der Waals surface area contributed by atoms with Gasteiger partial charge in [0.05, 0.1) is 25.1 Å². The Morgan fingerprint density at radius 2 is 2.29 bits per heavy atom. The fourth-order valence-corrected chi connectivity index (χ4v) is 2.98. The topological polar surface area (TPSA) is 108 Å². The number of hydrogen-bond donors (Lipinski definition) is 1. The Labute approximate surface area is 137 Å². The third-order valence-electron chi connectivity index (χ3n) is 4.24. The average molecular weight is 327 g/mol. The Bertz CT molecular complexity index is 863. The van der Waals surface area contributed by atoms with Crippen molar-refractivity contribution in [3.8, 4) is 0 Å². The summed E-state index contributed by atoms with van der Waals surface area (Å²) in [6, 6.07) is 0.269. The van der Waals surface area contributed by atoms with Crippen LogP contribution in [0.15, 0.2) is 24.9 Å². The number of nitrogens with zero attached hydrogens (tertiary/aromatic N) is 8. The lowest BCUT2D eigenvalue weighted by Gasteiger charge is -2.29. The smallest absolute Gasteiger partial charge is 0.280 e. The number of fused-ring (bicyclic) bond motifs is 1. The Balaban J connectivity index is 1.53. The summed E-state index contributed by atoms with van der Waals surface area (Å²) in [7, 11) is 1.70. The highest BCUT2D eigenvalue weighted by Gasteiger charge is 2.29. The number of amides is 1. The number of anilines is 1. The maximum atomic E-state index is 12.1. The van der Waals surface area contributed by atoms with Crippen LogP contribution in [0.2, 0.25) is 0 Å². The molecule has 0 radical (unpaired) electrons. The number of aryl methyl sites for hydroxylation is 1. The lowest BCUT2D eigenvalue weighted by Crippen LogP contribution is -2.30. The third kappa shape index (κ3) is 2.55. The summed E-state index contributed by atoms with van der Waals surface area (Å²) in [4.78, 5) is 20.7. The van der Waals surface area contributed by atoms with E-state index >= 15 is 0 Å². The SMILES string of the molecule is CC1Cc2nc(NC(=O)c3cn(C)nn3)nn2CC1n1ccnc1. The summed E-state index contributed by atoms with van der Waals surface area (Å²) in [6.45, 7) is 2.88. The number of hydrogen-bond acceptors (Lipinski definition) is 6. The first-order valence-electron chi connectivity index (χ1n) is 7.69. The van der Waals surface area contributed by atoms with Gasteiger partial charge in [-0.2, -0.15) is 4.98 Å². The molecule has 1 aliphatic rings. The molecule has 10 nitrogen and oxygen atoms in total. The molecule has 1 N–H and O–H groups in total. The molecule has 4 heterocycles. The molecule has 1 amide bonds. The summed E-state index contributed by atoms with van der Waals surface area (Å²) in [6.07, 6.45) is 7.88. The lowest BCUT2D eigenvalue weighted by atomic mass is 9.95. The van der Waals surface area contributed by atoms with Crippen LogP contribution in [-0.4, -0.2) is 45.2 Å². The van der Waals surface area contributed by atoms with Gasteiger partial charge in [0, 0.05) is 25.9 Å². The van der Waals surface area contributed by atoms with Crippen molar-refractivity contribution in [2.24, 2.45) is 13.0 Å². The minimum Gasteiger partial charge on any atom is -0.332 e. The van der Waals surface area contributed by atoms with Crippen LogP contribution in [-0.2, 0) is 20.0 Å². The van der Waals surface area contributed by atoms with Gasteiger partial charge in [-0.3, -0.25) is 14.8 Å². The molecule has 24 heavy (non-hydrogen) atoms. The highest BCUT2D eigenvalue weighted by Crippen LogP contribution is 2.28. The van der Waals surface area contributed by atoms with Gasteiger partial charge in [0.1, 0.15) is 5.82 Å². The number of carbonyl (C=O) groups excluding carboxylic acids is 1. The van der Waals surface area contributed by atoms with Crippen molar-refractivity contribution in [2.45, 2.75) is 25.9 Å². The maximum Gasteiger partial charge on any atom is 0.280 e. The van der Waals surface area contributed by atoms with Gasteiger partial charge in [0.2, 0.25) is 5.95 Å². The summed E-state index contributed by atoms with van der Waals surface area (Å²) in [5.74, 6) is 1.19. The molecule has 3 aromatic rings. The Morgan fingerprint density at radius 3 is 3.00 bits per heavy atom. The highest BCUT2D eigenvalue weighted by molar-refractivity contribution is 6.01. The van der Waals surface area contributed by atoms with Gasteiger partial charge in [-0.1, -0.05) is 12.1 Å². The Kier molecular flexibility index (Phi) is 3.36. The van der Waals surface area contributed by atoms with E-state index in [1.807, 2.05) is 17.2 Å². The predicted molar refractivity (Wildman–Crippen MR) is 83.1 cm³/mol. The van der Waals surface area contributed by atoms with Crippen LogP contribution in [0.1, 0.15) is 29.3 Å². The van der Waals surface area contributed by atoms with Gasteiger partial charge in [-0.05, 0) is 5.92 Å². The number of aromatic nitrogens is 8. The van der Waals surface area contributed by atoms with E-state index in [-0.39, 0.29) is 17.6 Å². The zero-order valence-electron chi connectivity index (χ0n) is 13.4. The van der Waals surface area contributed by atoms with Crippen LogP contribution in [0, 0.1) is 5.92 Å². The minimum atomic E-state index is -0.370. The fourth-order valence-electron chi connectivity index (χ4n) is 2.98. The summed E-state index contributed by atoms with van der Waals surface area (Å²) >= 11 is 0. The molecule has 0 bridgehead atoms. The molecule has 10 heteroatoms. The van der Waals surface area contributed by atoms with Gasteiger partial charge in [-0.25, -0.2) is 9.67 Å². The van der Waals surface area contributed by atoms with Crippen molar-refractivity contribution >= 4 is 11.9 Å². The van der Waals surface area contributed by atoms with E-state index in [1.54, 1.807) is 19.4 Å². The van der Waals surface area contributed by atoms with Crippen molar-refractivity contribution in [1.82, 2.24) is 39.3 Å². The molecule has 0 aliphatic carbocycles. The molecule has 0 aromatic carbocycles. The Hall–Kier alpha value is -3.04. The second-order valence-corrected chi connectivity index (χ2v) is 6.02. The van der Waals surface area contributed by atoms with E-state index < -0.39 is 0 Å². The zero-order chi connectivity index (χ0) is 16.7. The molecule has 1 aliphatic heterocycles. The van der Waals surface area contributed by atoms with Crippen LogP contribution in [0.25, 0.3) is 0 Å². The molecule has 2 atom stereocenters. The van der Waals surface area contributed by atoms with Crippen molar-refractivity contribution < 1.29 is 4.79 Å². The quantitative estimate of drug-likeness (QED) is 0.740. The minimum absolute atomic E-state index is 0.231. The number of carbonyl (C=O) groups is 1. The van der Waals surface area contributed by atoms with Crippen molar-refractivity contribution in [3.05, 3.63) is 36.4 Å². The number of rotatable bonds is 3. The molecular weight excluding hydrogens is 310 g/mol. The Morgan fingerprint density at radius 1 is 1.42 bits per heavy atom. The molecule has 0 saturated carbocycles. The van der Waals surface area contributed by atoms with E-state index in [0.29, 0.717) is 18.4 Å². The van der Waals surface area contributed by atoms with Crippen LogP contribution in [0.3, 0.4) is 0 Å². The molecule has 0 saturated heterocycles. The van der Waals surface area contributed by atoms with Gasteiger partial charge >= 0.3 is 0 Å². The second-order valence-electron chi connectivity index (χ2n) is 6.02. The first-order valence-corrected chi connectivity index (χ1v) is 7.69. The molecule has 4 rings (SSSR count). The molecule has 0 spiro atoms. The van der Waals surface area contributed by atoms with Gasteiger partial charge in [0.15, 0.2) is 5.69 Å². The fraction of sp³-hybridized carbons (Fsp3) is 0.429. The first kappa shape index (κ1) is 14.5. The molecule has 2 unspecified atom stereocenters. The summed E-state index contributed by atoms with van der Waals surface area (Å²) < 4.78 is 5.40. The number of nitrogens with one attached hydrogen (secondary N) is 1. The first-order chi connectivity index (χ1) is 11.6. The van der Waals surface area contributed by atoms with E-state index in [2.05, 4.69) is 42.2 Å². The highest BCUT2D eigenvalue weighted by atomic mass is 16.2. The van der Waals surface area contributed by atoms with Gasteiger partial charge < -0.3 is 4.57 Å². The lowest BCUT2D eigenvalue weighted by molar-refractivity contribution is 0.102. The molecule has 0 fully saturated rings. The van der Waals surface area contributed by atoms with Crippen LogP contribution in [0.4, 0.5) is 5.95 Å².